The second-order valence-corrected chi connectivity index (χ2v) is 3.91. The van der Waals surface area contributed by atoms with E-state index in [1.807, 2.05) is 6.20 Å². The number of rotatable bonds is 0. The zero-order chi connectivity index (χ0) is 8.13. The van der Waals surface area contributed by atoms with Crippen molar-refractivity contribution >= 4 is 5.82 Å². The minimum atomic E-state index is 0.735. The smallest absolute Gasteiger partial charge is 0.127 e. The minimum Gasteiger partial charge on any atom is -0.383 e. The lowest BCUT2D eigenvalue weighted by Crippen LogP contribution is -2.03. The lowest BCUT2D eigenvalue weighted by molar-refractivity contribution is 0.716. The number of hydrogen-bond donors (Lipinski definition) is 1. The third-order valence-electron chi connectivity index (χ3n) is 3.34. The molecule has 2 N–H and O–H groups in total. The van der Waals surface area contributed by atoms with Gasteiger partial charge in [0.1, 0.15) is 5.82 Å². The highest BCUT2D eigenvalue weighted by Gasteiger charge is 2.38. The van der Waals surface area contributed by atoms with Gasteiger partial charge >= 0.3 is 0 Å². The highest BCUT2D eigenvalue weighted by molar-refractivity contribution is 5.52. The molecule has 0 aliphatic heterocycles. The normalized spacial score (nSPS) is 30.7. The van der Waals surface area contributed by atoms with Gasteiger partial charge in [0, 0.05) is 11.8 Å². The summed E-state index contributed by atoms with van der Waals surface area (Å²) in [4.78, 5) is 4.15. The maximum absolute atomic E-state index is 5.85. The van der Waals surface area contributed by atoms with Crippen molar-refractivity contribution in [1.29, 1.82) is 0 Å². The van der Waals surface area contributed by atoms with Crippen LogP contribution >= 0.6 is 0 Å². The van der Waals surface area contributed by atoms with Crippen molar-refractivity contribution in [3.8, 4) is 0 Å². The molecule has 2 unspecified atom stereocenters. The topological polar surface area (TPSA) is 38.9 Å². The van der Waals surface area contributed by atoms with Gasteiger partial charge in [0.2, 0.25) is 0 Å². The van der Waals surface area contributed by atoms with Crippen LogP contribution in [-0.4, -0.2) is 4.98 Å². The summed E-state index contributed by atoms with van der Waals surface area (Å²) in [6, 6.07) is 2.15. The Bertz CT molecular complexity index is 333. The van der Waals surface area contributed by atoms with Crippen LogP contribution in [-0.2, 0) is 0 Å². The van der Waals surface area contributed by atoms with E-state index in [4.69, 9.17) is 5.73 Å². The van der Waals surface area contributed by atoms with E-state index < -0.39 is 0 Å². The summed E-state index contributed by atoms with van der Waals surface area (Å²) in [6.07, 6.45) is 5.86. The van der Waals surface area contributed by atoms with Gasteiger partial charge < -0.3 is 5.73 Å². The molecule has 1 fully saturated rings. The van der Waals surface area contributed by atoms with Crippen LogP contribution in [0.3, 0.4) is 0 Å². The van der Waals surface area contributed by atoms with Gasteiger partial charge in [-0.25, -0.2) is 4.98 Å². The summed E-state index contributed by atoms with van der Waals surface area (Å²) in [7, 11) is 0. The molecule has 1 aromatic heterocycles. The second kappa shape index (κ2) is 2.00. The average Bonchev–Trinajstić information content (AvgIpc) is 2.64. The molecule has 62 valence electrons. The zero-order valence-electron chi connectivity index (χ0n) is 6.96. The van der Waals surface area contributed by atoms with Crippen molar-refractivity contribution in [2.24, 2.45) is 0 Å². The molecule has 3 rings (SSSR count). The molecule has 2 atom stereocenters. The first kappa shape index (κ1) is 6.46. The Morgan fingerprint density at radius 2 is 2.17 bits per heavy atom. The molecule has 2 heteroatoms. The molecular weight excluding hydrogens is 148 g/mol. The third-order valence-corrected chi connectivity index (χ3v) is 3.34. The van der Waals surface area contributed by atoms with Crippen molar-refractivity contribution in [2.45, 2.75) is 31.1 Å². The van der Waals surface area contributed by atoms with Crippen LogP contribution in [0.5, 0.6) is 0 Å². The molecule has 2 aliphatic rings. The van der Waals surface area contributed by atoms with Crippen LogP contribution < -0.4 is 5.73 Å². The van der Waals surface area contributed by atoms with E-state index in [1.54, 1.807) is 0 Å². The van der Waals surface area contributed by atoms with Crippen LogP contribution in [0.1, 0.15) is 42.2 Å². The summed E-state index contributed by atoms with van der Waals surface area (Å²) < 4.78 is 0. The molecule has 2 nitrogen and oxygen atoms in total. The maximum atomic E-state index is 5.85. The Labute approximate surface area is 71.8 Å². The molecular formula is C10H12N2. The van der Waals surface area contributed by atoms with Crippen molar-refractivity contribution in [2.75, 3.05) is 5.73 Å². The van der Waals surface area contributed by atoms with E-state index >= 15 is 0 Å². The van der Waals surface area contributed by atoms with E-state index in [0.29, 0.717) is 0 Å². The molecule has 0 aromatic carbocycles. The fraction of sp³-hybridized carbons (Fsp3) is 0.500. The Kier molecular flexibility index (Phi) is 1.08. The number of nitrogens with zero attached hydrogens (tertiary/aromatic N) is 1. The van der Waals surface area contributed by atoms with E-state index in [-0.39, 0.29) is 0 Å². The number of aromatic nitrogens is 1. The van der Waals surface area contributed by atoms with E-state index in [9.17, 15) is 0 Å². The number of nitrogen functional groups attached to an aromatic ring is 1. The third kappa shape index (κ3) is 0.631. The fourth-order valence-corrected chi connectivity index (χ4v) is 2.83. The molecule has 0 amide bonds. The number of pyridine rings is 1. The molecule has 12 heavy (non-hydrogen) atoms. The predicted molar refractivity (Wildman–Crippen MR) is 48.0 cm³/mol. The number of anilines is 1. The second-order valence-electron chi connectivity index (χ2n) is 3.91. The molecule has 1 aromatic rings. The van der Waals surface area contributed by atoms with Crippen LogP contribution in [0.4, 0.5) is 5.82 Å². The van der Waals surface area contributed by atoms with Crippen molar-refractivity contribution in [1.82, 2.24) is 4.98 Å². The summed E-state index contributed by atoms with van der Waals surface area (Å²) in [5.41, 5.74) is 8.70. The maximum Gasteiger partial charge on any atom is 0.127 e. The standard InChI is InChI=1S/C10H12N2/c11-10-9-7-2-1-6(5-7)8(9)3-4-12-10/h3-4,6-7H,1-2,5H2,(H2,11,12). The van der Waals surface area contributed by atoms with Gasteiger partial charge in [-0.15, -0.1) is 0 Å². The van der Waals surface area contributed by atoms with E-state index in [0.717, 1.165) is 17.7 Å². The number of hydrogen-bond acceptors (Lipinski definition) is 2. The Morgan fingerprint density at radius 3 is 3.00 bits per heavy atom. The first-order valence-corrected chi connectivity index (χ1v) is 4.60. The number of nitrogens with two attached hydrogens (primary N) is 1. The van der Waals surface area contributed by atoms with E-state index in [1.165, 1.54) is 30.4 Å². The summed E-state index contributed by atoms with van der Waals surface area (Å²) in [6.45, 7) is 0. The molecule has 0 saturated heterocycles. The van der Waals surface area contributed by atoms with Crippen LogP contribution in [0, 0.1) is 0 Å². The number of fused-ring (bicyclic) bond motifs is 5. The van der Waals surface area contributed by atoms with Gasteiger partial charge in [-0.05, 0) is 42.7 Å². The molecule has 1 saturated carbocycles. The van der Waals surface area contributed by atoms with Crippen LogP contribution in [0.2, 0.25) is 0 Å². The van der Waals surface area contributed by atoms with Crippen molar-refractivity contribution in [3.63, 3.8) is 0 Å². The highest BCUT2D eigenvalue weighted by Crippen LogP contribution is 2.54. The molecule has 2 aliphatic carbocycles. The molecule has 0 radical (unpaired) electrons. The predicted octanol–water partition coefficient (Wildman–Crippen LogP) is 2.03. The Balaban J connectivity index is 2.26. The summed E-state index contributed by atoms with van der Waals surface area (Å²) in [5.74, 6) is 2.31. The monoisotopic (exact) mass is 160 g/mol. The van der Waals surface area contributed by atoms with Gasteiger partial charge in [0.05, 0.1) is 0 Å². The molecule has 0 spiro atoms. The Hall–Kier alpha value is -1.05. The summed E-state index contributed by atoms with van der Waals surface area (Å²) >= 11 is 0. The molecule has 1 heterocycles. The Morgan fingerprint density at radius 1 is 1.33 bits per heavy atom. The highest BCUT2D eigenvalue weighted by atomic mass is 14.8. The minimum absolute atomic E-state index is 0.735. The van der Waals surface area contributed by atoms with Crippen LogP contribution in [0.25, 0.3) is 0 Å². The van der Waals surface area contributed by atoms with Crippen molar-refractivity contribution < 1.29 is 0 Å². The average molecular weight is 160 g/mol. The zero-order valence-corrected chi connectivity index (χ0v) is 6.96. The van der Waals surface area contributed by atoms with Crippen molar-refractivity contribution in [3.05, 3.63) is 23.4 Å². The largest absolute Gasteiger partial charge is 0.383 e. The fourth-order valence-electron chi connectivity index (χ4n) is 2.83. The van der Waals surface area contributed by atoms with E-state index in [2.05, 4.69) is 11.1 Å². The quantitative estimate of drug-likeness (QED) is 0.630. The van der Waals surface area contributed by atoms with Crippen LogP contribution in [0.15, 0.2) is 12.3 Å². The lowest BCUT2D eigenvalue weighted by Gasteiger charge is -2.15. The first-order valence-electron chi connectivity index (χ1n) is 4.60. The van der Waals surface area contributed by atoms with Gasteiger partial charge in [-0.3, -0.25) is 0 Å². The molecule has 2 bridgehead atoms. The SMILES string of the molecule is Nc1nccc2c1C1CCC2C1. The first-order chi connectivity index (χ1) is 5.86. The van der Waals surface area contributed by atoms with Gasteiger partial charge in [-0.2, -0.15) is 0 Å². The van der Waals surface area contributed by atoms with Gasteiger partial charge in [0.25, 0.3) is 0 Å². The van der Waals surface area contributed by atoms with Gasteiger partial charge in [0.15, 0.2) is 0 Å². The van der Waals surface area contributed by atoms with Gasteiger partial charge in [-0.1, -0.05) is 0 Å². The lowest BCUT2D eigenvalue weighted by atomic mass is 9.93. The summed E-state index contributed by atoms with van der Waals surface area (Å²) in [5, 5.41) is 0.